The Hall–Kier alpha value is -1.15. The summed E-state index contributed by atoms with van der Waals surface area (Å²) < 4.78 is 0. The van der Waals surface area contributed by atoms with E-state index in [2.05, 4.69) is 10.3 Å². The fourth-order valence-electron chi connectivity index (χ4n) is 1.08. The summed E-state index contributed by atoms with van der Waals surface area (Å²) in [5, 5.41) is 20.8. The summed E-state index contributed by atoms with van der Waals surface area (Å²) in [6, 6.07) is 3.18. The van der Waals surface area contributed by atoms with E-state index in [0.717, 1.165) is 0 Å². The molecule has 0 bridgehead atoms. The SMILES string of the molecule is CN[C@H](CO)c1ncc(C#N)cc1Cl. The van der Waals surface area contributed by atoms with Crippen molar-refractivity contribution in [3.8, 4) is 6.07 Å². The van der Waals surface area contributed by atoms with Crippen LogP contribution >= 0.6 is 11.6 Å². The Kier molecular flexibility index (Phi) is 3.84. The first-order valence-electron chi connectivity index (χ1n) is 4.06. The molecule has 1 rings (SSSR count). The molecule has 0 aliphatic rings. The van der Waals surface area contributed by atoms with E-state index in [1.807, 2.05) is 6.07 Å². The molecule has 0 aliphatic carbocycles. The molecule has 14 heavy (non-hydrogen) atoms. The lowest BCUT2D eigenvalue weighted by Gasteiger charge is -2.13. The number of pyridine rings is 1. The first-order chi connectivity index (χ1) is 6.72. The number of nitrogens with zero attached hydrogens (tertiary/aromatic N) is 2. The molecule has 2 N–H and O–H groups in total. The monoisotopic (exact) mass is 211 g/mol. The van der Waals surface area contributed by atoms with Crippen molar-refractivity contribution in [2.24, 2.45) is 0 Å². The molecule has 0 amide bonds. The van der Waals surface area contributed by atoms with E-state index in [4.69, 9.17) is 22.0 Å². The molecule has 5 heteroatoms. The summed E-state index contributed by atoms with van der Waals surface area (Å²) in [7, 11) is 1.71. The van der Waals surface area contributed by atoms with Gasteiger partial charge < -0.3 is 10.4 Å². The first kappa shape index (κ1) is 10.9. The van der Waals surface area contributed by atoms with Gasteiger partial charge in [0.25, 0.3) is 0 Å². The summed E-state index contributed by atoms with van der Waals surface area (Å²) >= 11 is 5.90. The molecule has 0 radical (unpaired) electrons. The molecule has 0 unspecified atom stereocenters. The Morgan fingerprint density at radius 2 is 2.50 bits per heavy atom. The van der Waals surface area contributed by atoms with Gasteiger partial charge in [0.05, 0.1) is 28.9 Å². The lowest BCUT2D eigenvalue weighted by atomic mass is 10.2. The van der Waals surface area contributed by atoms with E-state index in [1.54, 1.807) is 7.05 Å². The Morgan fingerprint density at radius 1 is 1.79 bits per heavy atom. The number of likely N-dealkylation sites (N-methyl/N-ethyl adjacent to an activating group) is 1. The third-order valence-electron chi connectivity index (χ3n) is 1.86. The predicted octanol–water partition coefficient (Wildman–Crippen LogP) is 0.859. The Bertz CT molecular complexity index is 358. The molecule has 0 fully saturated rings. The van der Waals surface area contributed by atoms with Crippen LogP contribution in [0.15, 0.2) is 12.3 Å². The van der Waals surface area contributed by atoms with Crippen LogP contribution in [0.25, 0.3) is 0 Å². The Labute approximate surface area is 87.2 Å². The Morgan fingerprint density at radius 3 is 2.93 bits per heavy atom. The van der Waals surface area contributed by atoms with Gasteiger partial charge in [-0.25, -0.2) is 0 Å². The zero-order valence-corrected chi connectivity index (χ0v) is 8.41. The number of hydrogen-bond donors (Lipinski definition) is 2. The lowest BCUT2D eigenvalue weighted by Crippen LogP contribution is -2.21. The number of halogens is 1. The fraction of sp³-hybridized carbons (Fsp3) is 0.333. The van der Waals surface area contributed by atoms with Crippen LogP contribution < -0.4 is 5.32 Å². The summed E-state index contributed by atoms with van der Waals surface area (Å²) in [6.45, 7) is -0.0882. The minimum absolute atomic E-state index is 0.0882. The molecule has 1 atom stereocenters. The molecule has 0 aliphatic heterocycles. The Balaban J connectivity index is 3.05. The van der Waals surface area contributed by atoms with E-state index >= 15 is 0 Å². The van der Waals surface area contributed by atoms with Gasteiger partial charge in [-0.15, -0.1) is 0 Å². The molecule has 0 saturated heterocycles. The summed E-state index contributed by atoms with van der Waals surface area (Å²) in [6.07, 6.45) is 1.43. The van der Waals surface area contributed by atoms with Gasteiger partial charge in [-0.2, -0.15) is 5.26 Å². The van der Waals surface area contributed by atoms with Gasteiger partial charge in [-0.1, -0.05) is 11.6 Å². The highest BCUT2D eigenvalue weighted by molar-refractivity contribution is 6.31. The van der Waals surface area contributed by atoms with Crippen molar-refractivity contribution < 1.29 is 5.11 Å². The van der Waals surface area contributed by atoms with E-state index in [9.17, 15) is 0 Å². The van der Waals surface area contributed by atoms with Crippen LogP contribution in [0.1, 0.15) is 17.3 Å². The van der Waals surface area contributed by atoms with Crippen LogP contribution in [-0.2, 0) is 0 Å². The van der Waals surface area contributed by atoms with Gasteiger partial charge in [0.15, 0.2) is 0 Å². The van der Waals surface area contributed by atoms with Crippen molar-refractivity contribution in [1.82, 2.24) is 10.3 Å². The molecule has 0 aromatic carbocycles. The number of aromatic nitrogens is 1. The largest absolute Gasteiger partial charge is 0.394 e. The van der Waals surface area contributed by atoms with Crippen molar-refractivity contribution in [2.75, 3.05) is 13.7 Å². The normalized spacial score (nSPS) is 12.1. The molecule has 0 saturated carbocycles. The van der Waals surface area contributed by atoms with Crippen molar-refractivity contribution in [3.63, 3.8) is 0 Å². The zero-order chi connectivity index (χ0) is 10.6. The zero-order valence-electron chi connectivity index (χ0n) is 7.66. The first-order valence-corrected chi connectivity index (χ1v) is 4.44. The quantitative estimate of drug-likeness (QED) is 0.778. The van der Waals surface area contributed by atoms with Crippen LogP contribution in [0.3, 0.4) is 0 Å². The number of rotatable bonds is 3. The lowest BCUT2D eigenvalue weighted by molar-refractivity contribution is 0.248. The van der Waals surface area contributed by atoms with Crippen LogP contribution in [0.2, 0.25) is 5.02 Å². The second-order valence-electron chi connectivity index (χ2n) is 2.73. The van der Waals surface area contributed by atoms with Gasteiger partial charge in [-0.3, -0.25) is 4.98 Å². The summed E-state index contributed by atoms with van der Waals surface area (Å²) in [5.74, 6) is 0. The van der Waals surface area contributed by atoms with Crippen molar-refractivity contribution in [3.05, 3.63) is 28.5 Å². The van der Waals surface area contributed by atoms with E-state index in [-0.39, 0.29) is 12.6 Å². The van der Waals surface area contributed by atoms with E-state index < -0.39 is 0 Å². The number of nitrogens with one attached hydrogen (secondary N) is 1. The molecule has 1 heterocycles. The van der Waals surface area contributed by atoms with Crippen molar-refractivity contribution in [2.45, 2.75) is 6.04 Å². The minimum Gasteiger partial charge on any atom is -0.394 e. The number of aliphatic hydroxyl groups excluding tert-OH is 1. The van der Waals surface area contributed by atoms with Crippen LogP contribution in [0.4, 0.5) is 0 Å². The molecule has 0 spiro atoms. The van der Waals surface area contributed by atoms with Gasteiger partial charge >= 0.3 is 0 Å². The van der Waals surface area contributed by atoms with Gasteiger partial charge in [0.1, 0.15) is 6.07 Å². The van der Waals surface area contributed by atoms with Crippen LogP contribution in [0.5, 0.6) is 0 Å². The topological polar surface area (TPSA) is 68.9 Å². The maximum atomic E-state index is 9.00. The van der Waals surface area contributed by atoms with Crippen molar-refractivity contribution >= 4 is 11.6 Å². The predicted molar refractivity (Wildman–Crippen MR) is 52.8 cm³/mol. The second kappa shape index (κ2) is 4.91. The minimum atomic E-state index is -0.296. The number of aliphatic hydroxyl groups is 1. The van der Waals surface area contributed by atoms with E-state index in [0.29, 0.717) is 16.3 Å². The van der Waals surface area contributed by atoms with Gasteiger partial charge in [0.2, 0.25) is 0 Å². The molecular formula is C9H10ClN3O. The average Bonchev–Trinajstić information content (AvgIpc) is 2.22. The number of hydrogen-bond acceptors (Lipinski definition) is 4. The third kappa shape index (κ3) is 2.20. The maximum Gasteiger partial charge on any atom is 0.101 e. The molecule has 4 nitrogen and oxygen atoms in total. The van der Waals surface area contributed by atoms with E-state index in [1.165, 1.54) is 12.3 Å². The summed E-state index contributed by atoms with van der Waals surface area (Å²) in [5.41, 5.74) is 0.960. The highest BCUT2D eigenvalue weighted by Gasteiger charge is 2.13. The smallest absolute Gasteiger partial charge is 0.101 e. The molecule has 1 aromatic heterocycles. The van der Waals surface area contributed by atoms with Gasteiger partial charge in [-0.05, 0) is 13.1 Å². The number of nitriles is 1. The molecular weight excluding hydrogens is 202 g/mol. The highest BCUT2D eigenvalue weighted by atomic mass is 35.5. The average molecular weight is 212 g/mol. The van der Waals surface area contributed by atoms with Gasteiger partial charge in [0, 0.05) is 6.20 Å². The highest BCUT2D eigenvalue weighted by Crippen LogP contribution is 2.20. The summed E-state index contributed by atoms with van der Waals surface area (Å²) in [4.78, 5) is 4.01. The van der Waals surface area contributed by atoms with Crippen LogP contribution in [-0.4, -0.2) is 23.7 Å². The molecule has 1 aromatic rings. The fourth-order valence-corrected chi connectivity index (χ4v) is 1.38. The van der Waals surface area contributed by atoms with Crippen LogP contribution in [0, 0.1) is 11.3 Å². The molecule has 74 valence electrons. The maximum absolute atomic E-state index is 9.00. The second-order valence-corrected chi connectivity index (χ2v) is 3.13. The standard InChI is InChI=1S/C9H10ClN3O/c1-12-8(5-14)9-7(10)2-6(3-11)4-13-9/h2,4,8,12,14H,5H2,1H3/t8-/m1/s1. The third-order valence-corrected chi connectivity index (χ3v) is 2.16. The van der Waals surface area contributed by atoms with Crippen molar-refractivity contribution in [1.29, 1.82) is 5.26 Å².